The minimum Gasteiger partial charge on any atom is -0.333 e. The van der Waals surface area contributed by atoms with Gasteiger partial charge in [0.15, 0.2) is 0 Å². The maximum Gasteiger partial charge on any atom is 0.0580 e. The van der Waals surface area contributed by atoms with Crippen LogP contribution in [0.5, 0.6) is 0 Å². The second-order valence-electron chi connectivity index (χ2n) is 9.59. The molecule has 1 heterocycles. The molecule has 0 N–H and O–H groups in total. The molecule has 1 aliphatic carbocycles. The lowest BCUT2D eigenvalue weighted by atomic mass is 9.75. The lowest BCUT2D eigenvalue weighted by molar-refractivity contribution is 0.362. The van der Waals surface area contributed by atoms with Crippen LogP contribution in [0.4, 0.5) is 5.69 Å². The first kappa shape index (κ1) is 20.2. The number of anilines is 1. The van der Waals surface area contributed by atoms with Gasteiger partial charge in [0.2, 0.25) is 0 Å². The highest BCUT2D eigenvalue weighted by atomic mass is 35.5. The van der Waals surface area contributed by atoms with Crippen LogP contribution in [-0.2, 0) is 6.42 Å². The lowest BCUT2D eigenvalue weighted by Gasteiger charge is -2.47. The molecule has 2 heteroatoms. The Hall–Kier alpha value is -2.77. The summed E-state index contributed by atoms with van der Waals surface area (Å²) in [5, 5.41) is 0.770. The predicted molar refractivity (Wildman–Crippen MR) is 133 cm³/mol. The molecular weight excluding hydrogens is 398 g/mol. The van der Waals surface area contributed by atoms with Crippen molar-refractivity contribution in [2.45, 2.75) is 39.7 Å². The molecule has 156 valence electrons. The van der Waals surface area contributed by atoms with E-state index in [2.05, 4.69) is 98.5 Å². The summed E-state index contributed by atoms with van der Waals surface area (Å²) < 4.78 is 0. The summed E-state index contributed by atoms with van der Waals surface area (Å²) in [4.78, 5) is 2.55. The van der Waals surface area contributed by atoms with Crippen LogP contribution in [0.3, 0.4) is 0 Å². The van der Waals surface area contributed by atoms with Gasteiger partial charge in [0, 0.05) is 16.3 Å². The van der Waals surface area contributed by atoms with E-state index >= 15 is 0 Å². The number of halogens is 1. The minimum atomic E-state index is 0.0462. The standard InChI is InChI=1S/C29H28ClN/c1-29(2,3)27-19-26(20-9-5-4-6-10-20)25-18-13-21-11-7-8-12-24(21)28(25)31(27)23-16-14-22(30)15-17-23/h4-12,14-17,19,27H,13,18H2,1-3H3. The van der Waals surface area contributed by atoms with Gasteiger partial charge in [-0.1, -0.05) is 93.0 Å². The predicted octanol–water partition coefficient (Wildman–Crippen LogP) is 8.02. The zero-order chi connectivity index (χ0) is 21.6. The Morgan fingerprint density at radius 3 is 2.19 bits per heavy atom. The summed E-state index contributed by atoms with van der Waals surface area (Å²) in [6.45, 7) is 7.00. The normalized spacial score (nSPS) is 18.4. The third kappa shape index (κ3) is 3.62. The van der Waals surface area contributed by atoms with Gasteiger partial charge >= 0.3 is 0 Å². The Bertz CT molecular complexity index is 1160. The van der Waals surface area contributed by atoms with E-state index in [1.807, 2.05) is 12.1 Å². The zero-order valence-corrected chi connectivity index (χ0v) is 19.2. The maximum absolute atomic E-state index is 6.26. The summed E-state index contributed by atoms with van der Waals surface area (Å²) in [5.41, 5.74) is 9.51. The van der Waals surface area contributed by atoms with E-state index in [1.54, 1.807) is 0 Å². The van der Waals surface area contributed by atoms with Gasteiger partial charge in [-0.05, 0) is 64.8 Å². The van der Waals surface area contributed by atoms with Crippen LogP contribution in [0, 0.1) is 5.41 Å². The van der Waals surface area contributed by atoms with Gasteiger partial charge in [-0.3, -0.25) is 0 Å². The highest BCUT2D eigenvalue weighted by Gasteiger charge is 2.39. The molecular formula is C29H28ClN. The van der Waals surface area contributed by atoms with Crippen LogP contribution in [0.25, 0.3) is 11.3 Å². The first-order chi connectivity index (χ1) is 14.9. The topological polar surface area (TPSA) is 3.24 Å². The number of nitrogens with zero attached hydrogens (tertiary/aromatic N) is 1. The summed E-state index contributed by atoms with van der Waals surface area (Å²) in [5.74, 6) is 0. The molecule has 1 unspecified atom stereocenters. The van der Waals surface area contributed by atoms with E-state index in [0.29, 0.717) is 0 Å². The SMILES string of the molecule is CC(C)(C)C1C=C(c2ccccc2)C2=C(c3ccccc3CC2)N1c1ccc(Cl)cc1. The third-order valence-electron chi connectivity index (χ3n) is 6.45. The summed E-state index contributed by atoms with van der Waals surface area (Å²) in [6.07, 6.45) is 4.62. The second kappa shape index (κ2) is 7.73. The first-order valence-corrected chi connectivity index (χ1v) is 11.4. The number of allylic oxidation sites excluding steroid dienone is 2. The molecule has 0 aromatic heterocycles. The number of hydrogen-bond acceptors (Lipinski definition) is 1. The average molecular weight is 426 g/mol. The molecule has 0 saturated heterocycles. The molecule has 0 bridgehead atoms. The van der Waals surface area contributed by atoms with Gasteiger partial charge in [0.05, 0.1) is 11.7 Å². The van der Waals surface area contributed by atoms with Crippen molar-refractivity contribution < 1.29 is 0 Å². The lowest BCUT2D eigenvalue weighted by Crippen LogP contribution is -2.45. The molecule has 0 radical (unpaired) electrons. The van der Waals surface area contributed by atoms with Crippen LogP contribution >= 0.6 is 11.6 Å². The van der Waals surface area contributed by atoms with Gasteiger partial charge in [-0.2, -0.15) is 0 Å². The number of rotatable bonds is 2. The smallest absolute Gasteiger partial charge is 0.0580 e. The summed E-state index contributed by atoms with van der Waals surface area (Å²) in [6, 6.07) is 28.3. The highest BCUT2D eigenvalue weighted by molar-refractivity contribution is 6.30. The minimum absolute atomic E-state index is 0.0462. The van der Waals surface area contributed by atoms with Crippen molar-refractivity contribution in [3.8, 4) is 0 Å². The van der Waals surface area contributed by atoms with Crippen molar-refractivity contribution in [3.63, 3.8) is 0 Å². The fourth-order valence-electron chi connectivity index (χ4n) is 4.94. The number of aryl methyl sites for hydroxylation is 1. The molecule has 1 nitrogen and oxygen atoms in total. The number of benzene rings is 3. The van der Waals surface area contributed by atoms with E-state index in [0.717, 1.165) is 17.9 Å². The molecule has 31 heavy (non-hydrogen) atoms. The van der Waals surface area contributed by atoms with Crippen LogP contribution in [0.2, 0.25) is 5.02 Å². The molecule has 0 fully saturated rings. The van der Waals surface area contributed by atoms with Gasteiger partial charge in [0.1, 0.15) is 0 Å². The largest absolute Gasteiger partial charge is 0.333 e. The van der Waals surface area contributed by atoms with Crippen molar-refractivity contribution in [2.75, 3.05) is 4.90 Å². The Morgan fingerprint density at radius 1 is 0.806 bits per heavy atom. The van der Waals surface area contributed by atoms with Crippen molar-refractivity contribution in [1.82, 2.24) is 0 Å². The Morgan fingerprint density at radius 2 is 1.48 bits per heavy atom. The van der Waals surface area contributed by atoms with Gasteiger partial charge in [-0.15, -0.1) is 0 Å². The maximum atomic E-state index is 6.26. The molecule has 1 aliphatic heterocycles. The molecule has 0 amide bonds. The number of hydrogen-bond donors (Lipinski definition) is 0. The summed E-state index contributed by atoms with van der Waals surface area (Å²) >= 11 is 6.26. The molecule has 3 aromatic carbocycles. The van der Waals surface area contributed by atoms with E-state index in [1.165, 1.54) is 39.2 Å². The molecule has 2 aliphatic rings. The highest BCUT2D eigenvalue weighted by Crippen LogP contribution is 2.49. The molecule has 0 saturated carbocycles. The first-order valence-electron chi connectivity index (χ1n) is 11.1. The molecule has 1 atom stereocenters. The second-order valence-corrected chi connectivity index (χ2v) is 10.0. The Balaban J connectivity index is 1.80. The molecule has 3 aromatic rings. The van der Waals surface area contributed by atoms with Crippen LogP contribution < -0.4 is 4.90 Å². The Labute approximate surface area is 190 Å². The quantitative estimate of drug-likeness (QED) is 0.401. The van der Waals surface area contributed by atoms with Crippen molar-refractivity contribution >= 4 is 28.6 Å². The average Bonchev–Trinajstić information content (AvgIpc) is 2.78. The van der Waals surface area contributed by atoms with Gasteiger partial charge in [-0.25, -0.2) is 0 Å². The fourth-order valence-corrected chi connectivity index (χ4v) is 5.06. The van der Waals surface area contributed by atoms with E-state index in [9.17, 15) is 0 Å². The van der Waals surface area contributed by atoms with Crippen molar-refractivity contribution in [1.29, 1.82) is 0 Å². The van der Waals surface area contributed by atoms with Crippen LogP contribution in [0.1, 0.15) is 43.9 Å². The van der Waals surface area contributed by atoms with E-state index in [-0.39, 0.29) is 11.5 Å². The van der Waals surface area contributed by atoms with E-state index in [4.69, 9.17) is 11.6 Å². The van der Waals surface area contributed by atoms with Crippen LogP contribution in [-0.4, -0.2) is 6.04 Å². The molecule has 5 rings (SSSR count). The monoisotopic (exact) mass is 425 g/mol. The molecule has 0 spiro atoms. The van der Waals surface area contributed by atoms with Crippen LogP contribution in [0.15, 0.2) is 90.5 Å². The van der Waals surface area contributed by atoms with E-state index < -0.39 is 0 Å². The fraction of sp³-hybridized carbons (Fsp3) is 0.241. The van der Waals surface area contributed by atoms with Gasteiger partial charge < -0.3 is 4.90 Å². The number of fused-ring (bicyclic) bond motifs is 2. The van der Waals surface area contributed by atoms with Crippen molar-refractivity contribution in [3.05, 3.63) is 112 Å². The third-order valence-corrected chi connectivity index (χ3v) is 6.70. The zero-order valence-electron chi connectivity index (χ0n) is 18.4. The Kier molecular flexibility index (Phi) is 5.02. The summed E-state index contributed by atoms with van der Waals surface area (Å²) in [7, 11) is 0. The van der Waals surface area contributed by atoms with Crippen molar-refractivity contribution in [2.24, 2.45) is 5.41 Å². The van der Waals surface area contributed by atoms with Gasteiger partial charge in [0.25, 0.3) is 0 Å².